The van der Waals surface area contributed by atoms with Gasteiger partial charge in [-0.05, 0) is 60.8 Å². The van der Waals surface area contributed by atoms with Crippen LogP contribution in [0.3, 0.4) is 0 Å². The Morgan fingerprint density at radius 2 is 1.81 bits per heavy atom. The molecule has 2 aromatic carbocycles. The highest BCUT2D eigenvalue weighted by atomic mass is 32.1. The molecule has 8 nitrogen and oxygen atoms in total. The molecule has 1 fully saturated rings. The lowest BCUT2D eigenvalue weighted by Crippen LogP contribution is -2.48. The number of thiophene rings is 1. The molecule has 1 saturated heterocycles. The molecule has 0 saturated carbocycles. The number of fused-ring (bicyclic) bond motifs is 1. The fraction of sp³-hybridized carbons (Fsp3) is 0.259. The number of aromatic nitrogens is 4. The number of carbonyl (C=O) groups excluding carboxylic acids is 1. The van der Waals surface area contributed by atoms with E-state index in [9.17, 15) is 4.79 Å². The molecule has 1 aliphatic rings. The first-order chi connectivity index (χ1) is 17.7. The zero-order valence-electron chi connectivity index (χ0n) is 19.8. The van der Waals surface area contributed by atoms with E-state index in [-0.39, 0.29) is 5.91 Å². The van der Waals surface area contributed by atoms with Crippen LogP contribution in [0.5, 0.6) is 0 Å². The van der Waals surface area contributed by atoms with Crippen molar-refractivity contribution in [2.45, 2.75) is 12.8 Å². The van der Waals surface area contributed by atoms with Gasteiger partial charge in [0.05, 0.1) is 15.9 Å². The summed E-state index contributed by atoms with van der Waals surface area (Å²) in [6.07, 6.45) is 3.53. The van der Waals surface area contributed by atoms with Crippen molar-refractivity contribution in [3.63, 3.8) is 0 Å². The Morgan fingerprint density at radius 1 is 0.972 bits per heavy atom. The molecular formula is C27H26N6O2S. The summed E-state index contributed by atoms with van der Waals surface area (Å²) >= 11 is 1.61. The summed E-state index contributed by atoms with van der Waals surface area (Å²) in [5, 5.41) is 6.09. The van der Waals surface area contributed by atoms with Crippen molar-refractivity contribution in [1.29, 1.82) is 0 Å². The third kappa shape index (κ3) is 4.67. The van der Waals surface area contributed by atoms with Crippen LogP contribution >= 0.6 is 11.3 Å². The Bertz CT molecular complexity index is 1450. The van der Waals surface area contributed by atoms with E-state index >= 15 is 0 Å². The third-order valence-corrected chi connectivity index (χ3v) is 7.45. The third-order valence-electron chi connectivity index (χ3n) is 6.58. The molecule has 0 unspecified atom stereocenters. The number of imidazole rings is 1. The van der Waals surface area contributed by atoms with Crippen LogP contribution in [0, 0.1) is 0 Å². The van der Waals surface area contributed by atoms with Gasteiger partial charge in [-0.25, -0.2) is 4.98 Å². The minimum atomic E-state index is 0.0867. The maximum Gasteiger partial charge on any atom is 0.253 e. The van der Waals surface area contributed by atoms with Crippen LogP contribution in [0.15, 0.2) is 76.9 Å². The van der Waals surface area contributed by atoms with Crippen LogP contribution in [0.2, 0.25) is 0 Å². The molecule has 0 radical (unpaired) electrons. The first-order valence-electron chi connectivity index (χ1n) is 12.2. The second kappa shape index (κ2) is 10.0. The van der Waals surface area contributed by atoms with Crippen LogP contribution < -0.4 is 0 Å². The molecule has 182 valence electrons. The number of nitrogens with zero attached hydrogens (tertiary/aromatic N) is 6. The molecule has 1 aliphatic heterocycles. The van der Waals surface area contributed by atoms with Crippen molar-refractivity contribution in [3.8, 4) is 16.4 Å². The molecule has 1 amide bonds. The second-order valence-corrected chi connectivity index (χ2v) is 9.82. The first kappa shape index (κ1) is 22.6. The molecule has 0 aliphatic carbocycles. The van der Waals surface area contributed by atoms with Crippen molar-refractivity contribution in [3.05, 3.63) is 83.8 Å². The van der Waals surface area contributed by atoms with Gasteiger partial charge in [0.1, 0.15) is 6.33 Å². The van der Waals surface area contributed by atoms with E-state index in [0.29, 0.717) is 11.7 Å². The van der Waals surface area contributed by atoms with E-state index in [0.717, 1.165) is 72.7 Å². The van der Waals surface area contributed by atoms with Gasteiger partial charge in [-0.2, -0.15) is 4.98 Å². The summed E-state index contributed by atoms with van der Waals surface area (Å²) < 4.78 is 7.44. The summed E-state index contributed by atoms with van der Waals surface area (Å²) in [5.41, 5.74) is 3.72. The Balaban J connectivity index is 0.992. The van der Waals surface area contributed by atoms with Gasteiger partial charge >= 0.3 is 0 Å². The fourth-order valence-electron chi connectivity index (χ4n) is 4.60. The van der Waals surface area contributed by atoms with Crippen LogP contribution in [-0.4, -0.2) is 68.1 Å². The zero-order valence-corrected chi connectivity index (χ0v) is 20.6. The quantitative estimate of drug-likeness (QED) is 0.328. The number of rotatable bonds is 7. The Labute approximate surface area is 212 Å². The molecule has 0 spiro atoms. The normalized spacial score (nSPS) is 14.5. The predicted molar refractivity (Wildman–Crippen MR) is 139 cm³/mol. The number of piperazine rings is 1. The van der Waals surface area contributed by atoms with Crippen LogP contribution in [-0.2, 0) is 6.42 Å². The summed E-state index contributed by atoms with van der Waals surface area (Å²) in [6.45, 7) is 4.15. The highest BCUT2D eigenvalue weighted by Gasteiger charge is 2.22. The minimum Gasteiger partial charge on any atom is -0.339 e. The largest absolute Gasteiger partial charge is 0.339 e. The van der Waals surface area contributed by atoms with E-state index in [2.05, 4.69) is 20.0 Å². The van der Waals surface area contributed by atoms with E-state index in [1.54, 1.807) is 11.3 Å². The maximum atomic E-state index is 13.1. The van der Waals surface area contributed by atoms with E-state index in [4.69, 9.17) is 4.52 Å². The average Bonchev–Trinajstić information content (AvgIpc) is 3.70. The molecule has 4 heterocycles. The topological polar surface area (TPSA) is 80.3 Å². The number of benzene rings is 2. The lowest BCUT2D eigenvalue weighted by atomic mass is 10.1. The van der Waals surface area contributed by atoms with Gasteiger partial charge in [0, 0.05) is 43.9 Å². The fourth-order valence-corrected chi connectivity index (χ4v) is 5.25. The Morgan fingerprint density at radius 3 is 2.61 bits per heavy atom. The van der Waals surface area contributed by atoms with Gasteiger partial charge < -0.3 is 9.42 Å². The Hall–Kier alpha value is -3.82. The highest BCUT2D eigenvalue weighted by Crippen LogP contribution is 2.22. The van der Waals surface area contributed by atoms with E-state index < -0.39 is 0 Å². The number of hydrogen-bond acceptors (Lipinski definition) is 7. The maximum absolute atomic E-state index is 13.1. The van der Waals surface area contributed by atoms with Crippen LogP contribution in [0.25, 0.3) is 27.4 Å². The SMILES string of the molecule is O=C(c1ccc(-n2cnc3ccccc32)cc1)N1CCN(CCCc2nc(-c3cccs3)no2)CC1. The number of para-hydroxylation sites is 2. The molecular weight excluding hydrogens is 472 g/mol. The molecule has 0 bridgehead atoms. The van der Waals surface area contributed by atoms with Gasteiger partial charge in [-0.15, -0.1) is 11.3 Å². The molecule has 0 atom stereocenters. The average molecular weight is 499 g/mol. The molecule has 36 heavy (non-hydrogen) atoms. The monoisotopic (exact) mass is 498 g/mol. The van der Waals surface area contributed by atoms with Crippen LogP contribution in [0.4, 0.5) is 0 Å². The van der Waals surface area contributed by atoms with Crippen molar-refractivity contribution < 1.29 is 9.32 Å². The summed E-state index contributed by atoms with van der Waals surface area (Å²) in [4.78, 5) is 27.4. The lowest BCUT2D eigenvalue weighted by Gasteiger charge is -2.34. The second-order valence-electron chi connectivity index (χ2n) is 8.88. The van der Waals surface area contributed by atoms with Crippen LogP contribution in [0.1, 0.15) is 22.7 Å². The van der Waals surface area contributed by atoms with Gasteiger partial charge in [-0.1, -0.05) is 23.4 Å². The lowest BCUT2D eigenvalue weighted by molar-refractivity contribution is 0.0635. The van der Waals surface area contributed by atoms with Gasteiger partial charge in [0.2, 0.25) is 11.7 Å². The first-order valence-corrected chi connectivity index (χ1v) is 13.0. The number of amides is 1. The van der Waals surface area contributed by atoms with E-state index in [1.807, 2.05) is 81.8 Å². The van der Waals surface area contributed by atoms with Gasteiger partial charge in [0.25, 0.3) is 5.91 Å². The highest BCUT2D eigenvalue weighted by molar-refractivity contribution is 7.13. The standard InChI is InChI=1S/C27H26N6O2S/c34-27(20-9-11-21(12-10-20)33-19-28-22-5-1-2-6-23(22)33)32-16-14-31(15-17-32)13-3-8-25-29-26(30-35-25)24-7-4-18-36-24/h1-2,4-7,9-12,18-19H,3,8,13-17H2. The minimum absolute atomic E-state index is 0.0867. The van der Waals surface area contributed by atoms with E-state index in [1.165, 1.54) is 0 Å². The zero-order chi connectivity index (χ0) is 24.3. The molecule has 3 aromatic heterocycles. The van der Waals surface area contributed by atoms with Crippen molar-refractivity contribution >= 4 is 28.3 Å². The molecule has 0 N–H and O–H groups in total. The molecule has 6 rings (SSSR count). The summed E-state index contributed by atoms with van der Waals surface area (Å²) in [6, 6.07) is 19.8. The molecule has 5 aromatic rings. The van der Waals surface area contributed by atoms with Crippen molar-refractivity contribution in [1.82, 2.24) is 29.5 Å². The summed E-state index contributed by atoms with van der Waals surface area (Å²) in [5.74, 6) is 1.43. The summed E-state index contributed by atoms with van der Waals surface area (Å²) in [7, 11) is 0. The number of aryl methyl sites for hydroxylation is 1. The smallest absolute Gasteiger partial charge is 0.253 e. The number of hydrogen-bond donors (Lipinski definition) is 0. The van der Waals surface area contributed by atoms with Gasteiger partial charge in [-0.3, -0.25) is 14.3 Å². The van der Waals surface area contributed by atoms with Gasteiger partial charge in [0.15, 0.2) is 0 Å². The van der Waals surface area contributed by atoms with Crippen molar-refractivity contribution in [2.24, 2.45) is 0 Å². The van der Waals surface area contributed by atoms with Crippen molar-refractivity contribution in [2.75, 3.05) is 32.7 Å². The predicted octanol–water partition coefficient (Wildman–Crippen LogP) is 4.53. The Kier molecular flexibility index (Phi) is 6.31. The number of carbonyl (C=O) groups is 1. The molecule has 9 heteroatoms.